The fourth-order valence-corrected chi connectivity index (χ4v) is 3.21. The van der Waals surface area contributed by atoms with Crippen molar-refractivity contribution in [3.05, 3.63) is 64.4 Å². The Kier molecular flexibility index (Phi) is 6.71. The van der Waals surface area contributed by atoms with Crippen LogP contribution in [-0.2, 0) is 14.3 Å². The molecule has 0 aliphatic carbocycles. The highest BCUT2D eigenvalue weighted by Crippen LogP contribution is 2.29. The van der Waals surface area contributed by atoms with Crippen LogP contribution in [0, 0.1) is 11.3 Å². The van der Waals surface area contributed by atoms with Gasteiger partial charge in [-0.2, -0.15) is 5.26 Å². The van der Waals surface area contributed by atoms with E-state index >= 15 is 0 Å². The van der Waals surface area contributed by atoms with Gasteiger partial charge in [0.1, 0.15) is 23.2 Å². The smallest absolute Gasteiger partial charge is 0.338 e. The van der Waals surface area contributed by atoms with E-state index in [1.54, 1.807) is 50.2 Å². The van der Waals surface area contributed by atoms with Gasteiger partial charge >= 0.3 is 5.97 Å². The molecule has 1 aromatic carbocycles. The van der Waals surface area contributed by atoms with Gasteiger partial charge in [-0.3, -0.25) is 14.5 Å². The third-order valence-corrected chi connectivity index (χ3v) is 4.81. The maximum absolute atomic E-state index is 12.8. The lowest BCUT2D eigenvalue weighted by Gasteiger charge is -2.26. The lowest BCUT2D eigenvalue weighted by atomic mass is 9.95. The number of aliphatic hydroxyl groups excluding tert-OH is 1. The van der Waals surface area contributed by atoms with Crippen LogP contribution in [0.4, 0.5) is 0 Å². The topological polar surface area (TPSA) is 121 Å². The van der Waals surface area contributed by atoms with E-state index in [1.807, 2.05) is 6.07 Å². The number of benzene rings is 1. The number of esters is 1. The monoisotopic (exact) mass is 434 g/mol. The van der Waals surface area contributed by atoms with Gasteiger partial charge in [0, 0.05) is 11.1 Å². The highest BCUT2D eigenvalue weighted by Gasteiger charge is 2.35. The average Bonchev–Trinajstić information content (AvgIpc) is 3.23. The van der Waals surface area contributed by atoms with Crippen LogP contribution < -0.4 is 0 Å². The van der Waals surface area contributed by atoms with Crippen molar-refractivity contribution < 1.29 is 28.6 Å². The maximum Gasteiger partial charge on any atom is 0.338 e. The Balaban J connectivity index is 1.90. The molecule has 1 aromatic heterocycles. The quantitative estimate of drug-likeness (QED) is 0.421. The van der Waals surface area contributed by atoms with Gasteiger partial charge in [0.25, 0.3) is 11.8 Å². The molecule has 2 aromatic rings. The number of nitriles is 1. The van der Waals surface area contributed by atoms with E-state index in [-0.39, 0.29) is 29.4 Å². The zero-order chi connectivity index (χ0) is 23.4. The molecule has 8 heteroatoms. The van der Waals surface area contributed by atoms with E-state index < -0.39 is 24.4 Å². The fraction of sp³-hybridized carbons (Fsp3) is 0.250. The van der Waals surface area contributed by atoms with Crippen molar-refractivity contribution in [2.24, 2.45) is 0 Å². The van der Waals surface area contributed by atoms with Gasteiger partial charge in [0.05, 0.1) is 24.8 Å². The van der Waals surface area contributed by atoms with E-state index in [1.165, 1.54) is 13.0 Å². The van der Waals surface area contributed by atoms with Gasteiger partial charge in [-0.15, -0.1) is 0 Å². The predicted molar refractivity (Wildman–Crippen MR) is 115 cm³/mol. The van der Waals surface area contributed by atoms with Crippen LogP contribution in [0.5, 0.6) is 0 Å². The molecule has 0 spiro atoms. The molecule has 2 amide bonds. The van der Waals surface area contributed by atoms with Gasteiger partial charge in [-0.25, -0.2) is 4.79 Å². The first-order valence-corrected chi connectivity index (χ1v) is 9.98. The molecule has 0 saturated heterocycles. The molecular formula is C24H22N2O6. The zero-order valence-corrected chi connectivity index (χ0v) is 17.9. The van der Waals surface area contributed by atoms with E-state index in [9.17, 15) is 19.6 Å². The largest absolute Gasteiger partial charge is 0.459 e. The molecule has 0 atom stereocenters. The van der Waals surface area contributed by atoms with Gasteiger partial charge < -0.3 is 14.3 Å². The summed E-state index contributed by atoms with van der Waals surface area (Å²) in [6, 6.07) is 11.9. The van der Waals surface area contributed by atoms with Crippen molar-refractivity contribution in [1.82, 2.24) is 4.90 Å². The molecule has 1 aliphatic rings. The first-order valence-electron chi connectivity index (χ1n) is 9.98. The minimum atomic E-state index is -0.725. The van der Waals surface area contributed by atoms with Gasteiger partial charge in [0.2, 0.25) is 0 Å². The van der Waals surface area contributed by atoms with E-state index in [2.05, 4.69) is 0 Å². The number of nitrogens with zero attached hydrogens (tertiary/aromatic N) is 2. The molecule has 0 bridgehead atoms. The lowest BCUT2D eigenvalue weighted by Crippen LogP contribution is -2.44. The molecule has 1 aliphatic heterocycles. The normalized spacial score (nSPS) is 15.5. The summed E-state index contributed by atoms with van der Waals surface area (Å²) in [7, 11) is 0. The third kappa shape index (κ3) is 4.53. The second-order valence-corrected chi connectivity index (χ2v) is 7.39. The molecule has 8 nitrogen and oxygen atoms in total. The number of ether oxygens (including phenoxy) is 1. The van der Waals surface area contributed by atoms with Crippen LogP contribution in [0.1, 0.15) is 36.9 Å². The third-order valence-electron chi connectivity index (χ3n) is 4.81. The summed E-state index contributed by atoms with van der Waals surface area (Å²) in [6.45, 7) is 4.46. The highest BCUT2D eigenvalue weighted by molar-refractivity contribution is 6.19. The van der Waals surface area contributed by atoms with E-state index in [4.69, 9.17) is 14.3 Å². The lowest BCUT2D eigenvalue weighted by molar-refractivity contribution is -0.141. The number of amides is 2. The summed E-state index contributed by atoms with van der Waals surface area (Å²) in [5, 5.41) is 18.5. The molecule has 0 fully saturated rings. The number of hydrogen-bond donors (Lipinski definition) is 1. The van der Waals surface area contributed by atoms with E-state index in [0.717, 1.165) is 4.90 Å². The summed E-state index contributed by atoms with van der Waals surface area (Å²) >= 11 is 0. The number of carbonyl (C=O) groups is 3. The number of furan rings is 1. The SMILES string of the molecule is CC1=C(C#N)C(=O)N(CCO)C(=O)C1=Cc1ccc(-c2ccc(C(=O)OC(C)C)cc2)o1. The summed E-state index contributed by atoms with van der Waals surface area (Å²) < 4.78 is 11.0. The van der Waals surface area contributed by atoms with Crippen molar-refractivity contribution in [2.75, 3.05) is 13.2 Å². The number of carbonyl (C=O) groups excluding carboxylic acids is 3. The molecular weight excluding hydrogens is 412 g/mol. The van der Waals surface area contributed by atoms with Crippen LogP contribution in [0.15, 0.2) is 57.5 Å². The Bertz CT molecular complexity index is 1160. The standard InChI is InChI=1S/C24H22N2O6/c1-14(2)31-24(30)17-6-4-16(5-7-17)21-9-8-18(32-21)12-19-15(3)20(13-25)23(29)26(10-11-27)22(19)28/h4-9,12,14,27H,10-11H2,1-3H3. The number of hydrogen-bond acceptors (Lipinski definition) is 7. The molecule has 0 saturated carbocycles. The fourth-order valence-electron chi connectivity index (χ4n) is 3.21. The molecule has 32 heavy (non-hydrogen) atoms. The second-order valence-electron chi connectivity index (χ2n) is 7.39. The van der Waals surface area contributed by atoms with Crippen molar-refractivity contribution in [3.63, 3.8) is 0 Å². The number of β-amino-alcohol motifs (C(OH)–C–C–N with tert-alkyl or cyclic N) is 1. The molecule has 2 heterocycles. The Morgan fingerprint density at radius 3 is 2.47 bits per heavy atom. The second kappa shape index (κ2) is 9.45. The molecule has 3 rings (SSSR count). The molecule has 1 N–H and O–H groups in total. The van der Waals surface area contributed by atoms with Gasteiger partial charge in [-0.1, -0.05) is 12.1 Å². The van der Waals surface area contributed by atoms with Crippen LogP contribution in [0.3, 0.4) is 0 Å². The zero-order valence-electron chi connectivity index (χ0n) is 17.9. The van der Waals surface area contributed by atoms with Crippen LogP contribution in [0.2, 0.25) is 0 Å². The van der Waals surface area contributed by atoms with Gasteiger partial charge in [0.15, 0.2) is 0 Å². The van der Waals surface area contributed by atoms with Gasteiger partial charge in [-0.05, 0) is 56.7 Å². The molecule has 0 unspecified atom stereocenters. The highest BCUT2D eigenvalue weighted by atomic mass is 16.5. The van der Waals surface area contributed by atoms with Crippen LogP contribution in [0.25, 0.3) is 17.4 Å². The minimum absolute atomic E-state index is 0.141. The number of rotatable bonds is 6. The minimum Gasteiger partial charge on any atom is -0.459 e. The van der Waals surface area contributed by atoms with Crippen molar-refractivity contribution >= 4 is 23.9 Å². The Hall–Kier alpha value is -3.96. The van der Waals surface area contributed by atoms with Crippen molar-refractivity contribution in [3.8, 4) is 17.4 Å². The molecule has 164 valence electrons. The Morgan fingerprint density at radius 2 is 1.88 bits per heavy atom. The van der Waals surface area contributed by atoms with E-state index in [0.29, 0.717) is 22.6 Å². The first-order chi connectivity index (χ1) is 15.3. The summed E-state index contributed by atoms with van der Waals surface area (Å²) in [5.41, 5.74) is 1.38. The average molecular weight is 434 g/mol. The summed E-state index contributed by atoms with van der Waals surface area (Å²) in [4.78, 5) is 37.9. The summed E-state index contributed by atoms with van der Waals surface area (Å²) in [6.07, 6.45) is 1.25. The summed E-state index contributed by atoms with van der Waals surface area (Å²) in [5.74, 6) is -0.885. The maximum atomic E-state index is 12.8. The predicted octanol–water partition coefficient (Wildman–Crippen LogP) is 3.10. The van der Waals surface area contributed by atoms with Crippen LogP contribution >= 0.6 is 0 Å². The van der Waals surface area contributed by atoms with Crippen molar-refractivity contribution in [1.29, 1.82) is 5.26 Å². The number of imide groups is 1. The Labute approximate surface area is 185 Å². The molecule has 0 radical (unpaired) electrons. The first kappa shape index (κ1) is 22.7. The Morgan fingerprint density at radius 1 is 1.19 bits per heavy atom. The number of aliphatic hydroxyl groups is 1. The van der Waals surface area contributed by atoms with Crippen molar-refractivity contribution in [2.45, 2.75) is 26.9 Å². The van der Waals surface area contributed by atoms with Crippen LogP contribution in [-0.4, -0.2) is 47.0 Å².